The highest BCUT2D eigenvalue weighted by molar-refractivity contribution is 9.10. The van der Waals surface area contributed by atoms with Gasteiger partial charge in [-0.15, -0.1) is 0 Å². The molecule has 0 spiro atoms. The van der Waals surface area contributed by atoms with Crippen LogP contribution in [0.3, 0.4) is 0 Å². The first kappa shape index (κ1) is 24.7. The van der Waals surface area contributed by atoms with Crippen LogP contribution in [0.2, 0.25) is 5.02 Å². The van der Waals surface area contributed by atoms with Crippen molar-refractivity contribution < 1.29 is 8.42 Å². The molecule has 0 aliphatic carbocycles. The average Bonchev–Trinajstić information content (AvgIpc) is 3.20. The highest BCUT2D eigenvalue weighted by atomic mass is 79.9. The van der Waals surface area contributed by atoms with E-state index in [1.165, 1.54) is 0 Å². The van der Waals surface area contributed by atoms with Gasteiger partial charge in [0.1, 0.15) is 5.82 Å². The number of nitrogens with one attached hydrogen (secondary N) is 2. The minimum atomic E-state index is -3.55. The second-order valence-electron chi connectivity index (χ2n) is 8.14. The van der Waals surface area contributed by atoms with Gasteiger partial charge in [0, 0.05) is 29.7 Å². The molecule has 2 aromatic carbocycles. The fraction of sp³-hybridized carbons (Fsp3) is 0.250. The van der Waals surface area contributed by atoms with Crippen LogP contribution in [-0.2, 0) is 10.0 Å². The monoisotopic (exact) mass is 561 g/mol. The molecule has 0 unspecified atom stereocenters. The summed E-state index contributed by atoms with van der Waals surface area (Å²) >= 11 is 9.87. The second-order valence-corrected chi connectivity index (χ2v) is 11.2. The van der Waals surface area contributed by atoms with E-state index in [1.54, 1.807) is 22.8 Å². The molecule has 178 valence electrons. The maximum atomic E-state index is 12.6. The first-order valence-electron chi connectivity index (χ1n) is 10.9. The second kappa shape index (κ2) is 10.4. The van der Waals surface area contributed by atoms with Gasteiger partial charge in [0.05, 0.1) is 21.3 Å². The number of sulfonamides is 1. The van der Waals surface area contributed by atoms with E-state index in [9.17, 15) is 8.42 Å². The smallest absolute Gasteiger partial charge is 0.240 e. The number of halogens is 2. The molecule has 0 radical (unpaired) electrons. The first-order valence-corrected chi connectivity index (χ1v) is 13.5. The summed E-state index contributed by atoms with van der Waals surface area (Å²) in [6, 6.07) is 16.4. The number of hydrogen-bond acceptors (Lipinski definition) is 5. The molecular weight excluding hydrogens is 538 g/mol. The van der Waals surface area contributed by atoms with Crippen LogP contribution in [0, 0.1) is 0 Å². The Kier molecular flexibility index (Phi) is 7.57. The van der Waals surface area contributed by atoms with Crippen LogP contribution in [0.1, 0.15) is 31.7 Å². The molecule has 0 saturated carbocycles. The first-order chi connectivity index (χ1) is 16.3. The van der Waals surface area contributed by atoms with E-state index in [4.69, 9.17) is 16.6 Å². The van der Waals surface area contributed by atoms with Crippen molar-refractivity contribution in [3.05, 3.63) is 75.9 Å². The van der Waals surface area contributed by atoms with E-state index in [1.807, 2.05) is 42.5 Å². The zero-order chi connectivity index (χ0) is 24.3. The molecule has 0 fully saturated rings. The maximum Gasteiger partial charge on any atom is 0.240 e. The number of hydrogen-bond donors (Lipinski definition) is 2. The summed E-state index contributed by atoms with van der Waals surface area (Å²) in [5, 5.41) is 8.32. The van der Waals surface area contributed by atoms with Crippen LogP contribution in [-0.4, -0.2) is 36.1 Å². The quantitative estimate of drug-likeness (QED) is 0.255. The van der Waals surface area contributed by atoms with Crippen LogP contribution in [0.15, 0.2) is 70.2 Å². The molecule has 0 saturated heterocycles. The van der Waals surface area contributed by atoms with Gasteiger partial charge in [-0.1, -0.05) is 55.8 Å². The Morgan fingerprint density at radius 2 is 1.82 bits per heavy atom. The van der Waals surface area contributed by atoms with Gasteiger partial charge in [-0.05, 0) is 52.0 Å². The molecule has 2 aromatic heterocycles. The molecule has 34 heavy (non-hydrogen) atoms. The lowest BCUT2D eigenvalue weighted by Gasteiger charge is -2.12. The molecule has 10 heteroatoms. The number of benzene rings is 2. The van der Waals surface area contributed by atoms with Gasteiger partial charge in [-0.3, -0.25) is 0 Å². The molecule has 2 N–H and O–H groups in total. The van der Waals surface area contributed by atoms with Crippen LogP contribution < -0.4 is 10.0 Å². The lowest BCUT2D eigenvalue weighted by atomic mass is 10.0. The van der Waals surface area contributed by atoms with Crippen LogP contribution in [0.4, 0.5) is 5.82 Å². The SMILES string of the molecule is CC(C)c1ccc(S(=O)(=O)NCCCNc2cc(-c3ccccc3Cl)nc3c(Br)cnn23)cc1. The van der Waals surface area contributed by atoms with Gasteiger partial charge >= 0.3 is 0 Å². The minimum Gasteiger partial charge on any atom is -0.370 e. The zero-order valence-corrected chi connectivity index (χ0v) is 22.0. The summed E-state index contributed by atoms with van der Waals surface area (Å²) in [7, 11) is -3.55. The number of fused-ring (bicyclic) bond motifs is 1. The summed E-state index contributed by atoms with van der Waals surface area (Å²) in [6.07, 6.45) is 2.26. The van der Waals surface area contributed by atoms with Gasteiger partial charge in [-0.2, -0.15) is 9.61 Å². The average molecular weight is 563 g/mol. The lowest BCUT2D eigenvalue weighted by molar-refractivity contribution is 0.580. The Balaban J connectivity index is 1.42. The van der Waals surface area contributed by atoms with Crippen LogP contribution >= 0.6 is 27.5 Å². The summed E-state index contributed by atoms with van der Waals surface area (Å²) in [4.78, 5) is 4.96. The van der Waals surface area contributed by atoms with Gasteiger partial charge in [0.25, 0.3) is 0 Å². The van der Waals surface area contributed by atoms with Crippen molar-refractivity contribution in [3.63, 3.8) is 0 Å². The molecule has 0 aliphatic rings. The molecular formula is C24H25BrClN5O2S. The number of aromatic nitrogens is 3. The van der Waals surface area contributed by atoms with E-state index < -0.39 is 10.0 Å². The third-order valence-electron chi connectivity index (χ3n) is 5.39. The van der Waals surface area contributed by atoms with Crippen LogP contribution in [0.25, 0.3) is 16.9 Å². The molecule has 2 heterocycles. The van der Waals surface area contributed by atoms with E-state index in [2.05, 4.69) is 44.9 Å². The van der Waals surface area contributed by atoms with E-state index >= 15 is 0 Å². The molecule has 4 aromatic rings. The van der Waals surface area contributed by atoms with Gasteiger partial charge in [0.15, 0.2) is 5.65 Å². The summed E-state index contributed by atoms with van der Waals surface area (Å²) in [5.74, 6) is 1.09. The maximum absolute atomic E-state index is 12.6. The van der Waals surface area contributed by atoms with E-state index in [0.717, 1.165) is 21.4 Å². The van der Waals surface area contributed by atoms with E-state index in [0.29, 0.717) is 41.8 Å². The largest absolute Gasteiger partial charge is 0.370 e. The molecule has 4 rings (SSSR count). The molecule has 7 nitrogen and oxygen atoms in total. The van der Waals surface area contributed by atoms with Crippen molar-refractivity contribution in [1.82, 2.24) is 19.3 Å². The van der Waals surface area contributed by atoms with Crippen molar-refractivity contribution >= 4 is 49.0 Å². The van der Waals surface area contributed by atoms with E-state index in [-0.39, 0.29) is 4.90 Å². The van der Waals surface area contributed by atoms with Crippen molar-refractivity contribution in [3.8, 4) is 11.3 Å². The molecule has 0 amide bonds. The van der Waals surface area contributed by atoms with Gasteiger partial charge < -0.3 is 5.32 Å². The third kappa shape index (κ3) is 5.43. The number of anilines is 1. The van der Waals surface area contributed by atoms with Gasteiger partial charge in [-0.25, -0.2) is 18.1 Å². The standard InChI is InChI=1S/C24H25BrClN5O2S/c1-16(2)17-8-10-18(11-9-17)34(32,33)29-13-5-12-27-23-14-22(19-6-3-4-7-21(19)26)30-24-20(25)15-28-31(23)24/h3-4,6-11,14-16,27,29H,5,12-13H2,1-2H3. The van der Waals surface area contributed by atoms with Crippen molar-refractivity contribution in [1.29, 1.82) is 0 Å². The predicted molar refractivity (Wildman–Crippen MR) is 140 cm³/mol. The number of nitrogens with zero attached hydrogens (tertiary/aromatic N) is 3. The normalized spacial score (nSPS) is 11.9. The Morgan fingerprint density at radius 3 is 2.53 bits per heavy atom. The third-order valence-corrected chi connectivity index (χ3v) is 7.75. The Bertz CT molecular complexity index is 1400. The predicted octanol–water partition coefficient (Wildman–Crippen LogP) is 5.72. The Hall–Kier alpha value is -2.46. The van der Waals surface area contributed by atoms with Crippen LogP contribution in [0.5, 0.6) is 0 Å². The summed E-state index contributed by atoms with van der Waals surface area (Å²) in [6.45, 7) is 4.98. The number of rotatable bonds is 9. The fourth-order valence-corrected chi connectivity index (χ4v) is 5.15. The lowest BCUT2D eigenvalue weighted by Crippen LogP contribution is -2.26. The topological polar surface area (TPSA) is 88.4 Å². The highest BCUT2D eigenvalue weighted by Crippen LogP contribution is 2.30. The van der Waals surface area contributed by atoms with Crippen molar-refractivity contribution in [2.24, 2.45) is 0 Å². The van der Waals surface area contributed by atoms with Gasteiger partial charge in [0.2, 0.25) is 10.0 Å². The zero-order valence-electron chi connectivity index (χ0n) is 18.8. The summed E-state index contributed by atoms with van der Waals surface area (Å²) in [5.41, 5.74) is 3.30. The Morgan fingerprint density at radius 1 is 1.09 bits per heavy atom. The Labute approximate surface area is 212 Å². The fourth-order valence-electron chi connectivity index (χ4n) is 3.50. The molecule has 0 bridgehead atoms. The highest BCUT2D eigenvalue weighted by Gasteiger charge is 2.15. The summed E-state index contributed by atoms with van der Waals surface area (Å²) < 4.78 is 30.3. The molecule has 0 aliphatic heterocycles. The molecule has 0 atom stereocenters. The van der Waals surface area contributed by atoms with Crippen molar-refractivity contribution in [2.75, 3.05) is 18.4 Å². The minimum absolute atomic E-state index is 0.270. The van der Waals surface area contributed by atoms with Crippen molar-refractivity contribution in [2.45, 2.75) is 31.1 Å².